The van der Waals surface area contributed by atoms with Crippen molar-refractivity contribution in [2.45, 2.75) is 31.5 Å². The van der Waals surface area contributed by atoms with Gasteiger partial charge in [-0.2, -0.15) is 9.35 Å². The van der Waals surface area contributed by atoms with Crippen molar-refractivity contribution >= 4 is 22.3 Å². The molecule has 0 saturated carbocycles. The second-order valence-electron chi connectivity index (χ2n) is 5.69. The minimum Gasteiger partial charge on any atom is -0.724 e. The first kappa shape index (κ1) is 20.6. The van der Waals surface area contributed by atoms with Crippen LogP contribution in [0.2, 0.25) is 0 Å². The third-order valence-electron chi connectivity index (χ3n) is 3.95. The molecule has 3 aliphatic heterocycles. The van der Waals surface area contributed by atoms with E-state index in [1.54, 1.807) is 6.92 Å². The van der Waals surface area contributed by atoms with E-state index in [4.69, 9.17) is 9.57 Å². The van der Waals surface area contributed by atoms with Crippen LogP contribution in [0.25, 0.3) is 0 Å². The van der Waals surface area contributed by atoms with E-state index < -0.39 is 34.4 Å². The van der Waals surface area contributed by atoms with Gasteiger partial charge in [0, 0.05) is 13.0 Å². The predicted molar refractivity (Wildman–Crippen MR) is 74.5 cm³/mol. The Labute approximate surface area is 166 Å². The Balaban J connectivity index is 0.00000225. The first-order valence-electron chi connectivity index (χ1n) is 7.23. The first-order chi connectivity index (χ1) is 11.3. The quantitative estimate of drug-likeness (QED) is 0.165. The summed E-state index contributed by atoms with van der Waals surface area (Å²) in [4.78, 5) is 30.9. The van der Waals surface area contributed by atoms with Gasteiger partial charge in [0.25, 0.3) is 5.91 Å². The Bertz CT molecular complexity index is 678. The van der Waals surface area contributed by atoms with Crippen LogP contribution in [-0.2, 0) is 29.1 Å². The van der Waals surface area contributed by atoms with Crippen molar-refractivity contribution in [1.29, 1.82) is 0 Å². The first-order valence-corrected chi connectivity index (χ1v) is 8.56. The molecule has 13 heteroatoms. The minimum absolute atomic E-state index is 0. The van der Waals surface area contributed by atoms with Gasteiger partial charge in [-0.05, 0) is 12.5 Å². The van der Waals surface area contributed by atoms with Crippen LogP contribution in [0, 0.1) is 0 Å². The van der Waals surface area contributed by atoms with Gasteiger partial charge in [0.2, 0.25) is 10.4 Å². The maximum Gasteiger partial charge on any atom is 1.00 e. The predicted octanol–water partition coefficient (Wildman–Crippen LogP) is -4.35. The third kappa shape index (κ3) is 4.52. The Kier molecular flexibility index (Phi) is 6.49. The van der Waals surface area contributed by atoms with Gasteiger partial charge < -0.3 is 14.2 Å². The van der Waals surface area contributed by atoms with E-state index in [2.05, 4.69) is 9.76 Å². The summed E-state index contributed by atoms with van der Waals surface area (Å²) >= 11 is 0. The van der Waals surface area contributed by atoms with Crippen molar-refractivity contribution in [3.05, 3.63) is 11.6 Å². The molecule has 0 aliphatic carbocycles. The maximum absolute atomic E-state index is 12.3. The number of hydrogen-bond donors (Lipinski definition) is 1. The summed E-state index contributed by atoms with van der Waals surface area (Å²) in [6.45, 7) is 2.56. The molecular formula is C12H16N3NaO8S. The molecule has 1 N–H and O–H groups in total. The van der Waals surface area contributed by atoms with Gasteiger partial charge in [0.15, 0.2) is 0 Å². The Morgan fingerprint density at radius 3 is 2.80 bits per heavy atom. The standard InChI is InChI=1S/C12H17N3O8S.Na/c1-7-4-8-5-14(12(17)15(8)23-24(18,19)20)10(7)11(16)13-22-9-2-3-21-6-9;/h4,8-10H,2-3,5-6H2,1H3,(H,13,16)(H,18,19,20);/q;+1/p-1/t8-,9?,10+;/m1./s1. The summed E-state index contributed by atoms with van der Waals surface area (Å²) in [6.07, 6.45) is 1.90. The molecule has 2 bridgehead atoms. The van der Waals surface area contributed by atoms with Crippen LogP contribution in [0.1, 0.15) is 13.3 Å². The van der Waals surface area contributed by atoms with Gasteiger partial charge >= 0.3 is 35.6 Å². The van der Waals surface area contributed by atoms with E-state index in [0.717, 1.165) is 4.90 Å². The van der Waals surface area contributed by atoms with Crippen LogP contribution in [0.5, 0.6) is 0 Å². The number of urea groups is 1. The molecule has 134 valence electrons. The number of fused-ring (bicyclic) bond motifs is 2. The number of amides is 3. The van der Waals surface area contributed by atoms with E-state index in [1.807, 2.05) is 0 Å². The molecule has 3 heterocycles. The fourth-order valence-corrected chi connectivity index (χ4v) is 3.31. The smallest absolute Gasteiger partial charge is 0.724 e. The molecule has 3 amide bonds. The van der Waals surface area contributed by atoms with Crippen molar-refractivity contribution in [2.75, 3.05) is 19.8 Å². The second-order valence-corrected chi connectivity index (χ2v) is 6.66. The van der Waals surface area contributed by atoms with Crippen LogP contribution >= 0.6 is 0 Å². The van der Waals surface area contributed by atoms with E-state index in [-0.39, 0.29) is 42.2 Å². The van der Waals surface area contributed by atoms with Crippen molar-refractivity contribution < 1.29 is 66.0 Å². The van der Waals surface area contributed by atoms with E-state index >= 15 is 0 Å². The zero-order valence-electron chi connectivity index (χ0n) is 13.7. The molecule has 3 aliphatic rings. The summed E-state index contributed by atoms with van der Waals surface area (Å²) in [6, 6.07) is -2.61. The normalized spacial score (nSPS) is 28.6. The molecule has 2 fully saturated rings. The number of ether oxygens (including phenoxy) is 1. The van der Waals surface area contributed by atoms with Crippen LogP contribution < -0.4 is 35.0 Å². The van der Waals surface area contributed by atoms with Crippen molar-refractivity contribution in [3.8, 4) is 0 Å². The average molecular weight is 385 g/mol. The maximum atomic E-state index is 12.3. The van der Waals surface area contributed by atoms with Crippen LogP contribution in [-0.4, -0.2) is 72.8 Å². The third-order valence-corrected chi connectivity index (χ3v) is 4.29. The number of rotatable bonds is 5. The van der Waals surface area contributed by atoms with Gasteiger partial charge in [0.05, 0.1) is 19.2 Å². The molecule has 11 nitrogen and oxygen atoms in total. The molecule has 0 aromatic heterocycles. The molecule has 0 aromatic rings. The van der Waals surface area contributed by atoms with E-state index in [9.17, 15) is 22.6 Å². The molecule has 2 saturated heterocycles. The van der Waals surface area contributed by atoms with Crippen molar-refractivity contribution in [2.24, 2.45) is 0 Å². The van der Waals surface area contributed by atoms with Gasteiger partial charge in [-0.25, -0.2) is 18.7 Å². The van der Waals surface area contributed by atoms with Crippen LogP contribution in [0.15, 0.2) is 11.6 Å². The van der Waals surface area contributed by atoms with Crippen LogP contribution in [0.3, 0.4) is 0 Å². The Hall–Kier alpha value is -0.730. The number of hydrogen-bond acceptors (Lipinski definition) is 8. The fourth-order valence-electron chi connectivity index (χ4n) is 2.94. The Morgan fingerprint density at radius 2 is 2.20 bits per heavy atom. The number of nitrogens with one attached hydrogen (secondary N) is 1. The molecule has 25 heavy (non-hydrogen) atoms. The van der Waals surface area contributed by atoms with Crippen molar-refractivity contribution in [1.82, 2.24) is 15.4 Å². The summed E-state index contributed by atoms with van der Waals surface area (Å²) in [5.41, 5.74) is 2.81. The molecule has 3 atom stereocenters. The molecular weight excluding hydrogens is 369 g/mol. The zero-order chi connectivity index (χ0) is 17.5. The van der Waals surface area contributed by atoms with Gasteiger partial charge in [-0.3, -0.25) is 9.63 Å². The number of carbonyl (C=O) groups excluding carboxylic acids is 2. The van der Waals surface area contributed by atoms with Crippen LogP contribution in [0.4, 0.5) is 4.79 Å². The summed E-state index contributed by atoms with van der Waals surface area (Å²) < 4.78 is 41.5. The largest absolute Gasteiger partial charge is 1.00 e. The number of hydroxylamine groups is 3. The second kappa shape index (κ2) is 7.88. The Morgan fingerprint density at radius 1 is 1.48 bits per heavy atom. The molecule has 3 rings (SSSR count). The topological polar surface area (TPSA) is 138 Å². The zero-order valence-corrected chi connectivity index (χ0v) is 16.5. The molecule has 0 spiro atoms. The van der Waals surface area contributed by atoms with Crippen molar-refractivity contribution in [3.63, 3.8) is 0 Å². The molecule has 0 radical (unpaired) electrons. The monoisotopic (exact) mass is 385 g/mol. The van der Waals surface area contributed by atoms with E-state index in [1.165, 1.54) is 6.08 Å². The summed E-state index contributed by atoms with van der Waals surface area (Å²) in [7, 11) is -5.10. The number of carbonyl (C=O) groups is 2. The molecule has 0 aromatic carbocycles. The summed E-state index contributed by atoms with van der Waals surface area (Å²) in [5.74, 6) is -0.575. The van der Waals surface area contributed by atoms with Gasteiger partial charge in [0.1, 0.15) is 12.1 Å². The van der Waals surface area contributed by atoms with Gasteiger partial charge in [-0.1, -0.05) is 6.08 Å². The summed E-state index contributed by atoms with van der Waals surface area (Å²) in [5, 5.41) is 0.463. The SMILES string of the molecule is CC1=C[C@@H]2CN(C(=O)N2OS(=O)(=O)[O-])[C@@H]1C(=O)NOC1CCOC1.[Na+]. The van der Waals surface area contributed by atoms with Gasteiger partial charge in [-0.15, -0.1) is 0 Å². The average Bonchev–Trinajstić information content (AvgIpc) is 3.07. The van der Waals surface area contributed by atoms with E-state index in [0.29, 0.717) is 30.3 Å². The fraction of sp³-hybridized carbons (Fsp3) is 0.667. The molecule has 1 unspecified atom stereocenters. The minimum atomic E-state index is -5.10. The number of nitrogens with zero attached hydrogens (tertiary/aromatic N) is 2.